The van der Waals surface area contributed by atoms with Crippen LogP contribution < -0.4 is 11.1 Å². The fourth-order valence-electron chi connectivity index (χ4n) is 2.78. The molecule has 5 heteroatoms. The van der Waals surface area contributed by atoms with Crippen LogP contribution in [-0.4, -0.2) is 22.6 Å². The van der Waals surface area contributed by atoms with Gasteiger partial charge in [0, 0.05) is 6.54 Å². The number of amides is 1. The summed E-state index contributed by atoms with van der Waals surface area (Å²) in [6.07, 6.45) is 6.69. The van der Waals surface area contributed by atoms with Crippen LogP contribution in [-0.2, 0) is 6.42 Å². The molecule has 0 unspecified atom stereocenters. The van der Waals surface area contributed by atoms with Gasteiger partial charge in [0.25, 0.3) is 5.91 Å². The van der Waals surface area contributed by atoms with Crippen molar-refractivity contribution in [3.8, 4) is 0 Å². The summed E-state index contributed by atoms with van der Waals surface area (Å²) in [7, 11) is 0. The normalized spacial score (nSPS) is 17.6. The summed E-state index contributed by atoms with van der Waals surface area (Å²) in [5.74, 6) is -0.163. The molecule has 1 fully saturated rings. The highest BCUT2D eigenvalue weighted by Crippen LogP contribution is 2.36. The molecule has 0 saturated heterocycles. The summed E-state index contributed by atoms with van der Waals surface area (Å²) in [6.45, 7) is 5.01. The molecule has 0 aromatic carbocycles. The average molecular weight is 264 g/mol. The summed E-state index contributed by atoms with van der Waals surface area (Å²) in [4.78, 5) is 12.1. The van der Waals surface area contributed by atoms with Crippen molar-refractivity contribution in [3.63, 3.8) is 0 Å². The van der Waals surface area contributed by atoms with Crippen molar-refractivity contribution in [1.29, 1.82) is 0 Å². The molecule has 5 nitrogen and oxygen atoms in total. The number of aryl methyl sites for hydroxylation is 1. The lowest BCUT2D eigenvalue weighted by molar-refractivity contribution is 0.0930. The van der Waals surface area contributed by atoms with Crippen LogP contribution in [0.25, 0.3) is 0 Å². The quantitative estimate of drug-likeness (QED) is 0.762. The summed E-state index contributed by atoms with van der Waals surface area (Å²) < 4.78 is 0. The molecule has 1 aromatic heterocycles. The second kappa shape index (κ2) is 5.63. The molecule has 0 aliphatic heterocycles. The Balaban J connectivity index is 1.96. The van der Waals surface area contributed by atoms with Gasteiger partial charge in [0.1, 0.15) is 0 Å². The van der Waals surface area contributed by atoms with Crippen molar-refractivity contribution in [1.82, 2.24) is 15.5 Å². The van der Waals surface area contributed by atoms with E-state index in [0.717, 1.165) is 18.5 Å². The van der Waals surface area contributed by atoms with E-state index in [0.29, 0.717) is 17.9 Å². The number of aromatic nitrogens is 2. The third-order valence-electron chi connectivity index (χ3n) is 4.08. The minimum Gasteiger partial charge on any atom is -0.395 e. The Bertz CT molecular complexity index is 446. The Morgan fingerprint density at radius 2 is 2.16 bits per heavy atom. The fraction of sp³-hybridized carbons (Fsp3) is 0.714. The Morgan fingerprint density at radius 3 is 2.79 bits per heavy atom. The van der Waals surface area contributed by atoms with Gasteiger partial charge in [0.2, 0.25) is 0 Å². The minimum absolute atomic E-state index is 0.163. The van der Waals surface area contributed by atoms with Crippen LogP contribution in [0.4, 0.5) is 5.69 Å². The number of hydrogen-bond donors (Lipinski definition) is 3. The highest BCUT2D eigenvalue weighted by molar-refractivity contribution is 5.97. The van der Waals surface area contributed by atoms with Crippen molar-refractivity contribution in [3.05, 3.63) is 11.4 Å². The number of carbonyl (C=O) groups excluding carboxylic acids is 1. The lowest BCUT2D eigenvalue weighted by atomic mass is 9.89. The topological polar surface area (TPSA) is 83.8 Å². The molecule has 0 bridgehead atoms. The first-order valence-corrected chi connectivity index (χ1v) is 7.16. The van der Waals surface area contributed by atoms with Crippen LogP contribution in [0.2, 0.25) is 0 Å². The highest BCUT2D eigenvalue weighted by atomic mass is 16.1. The predicted molar refractivity (Wildman–Crippen MR) is 75.9 cm³/mol. The second-order valence-corrected chi connectivity index (χ2v) is 5.91. The molecule has 4 N–H and O–H groups in total. The van der Waals surface area contributed by atoms with Crippen LogP contribution in [0.3, 0.4) is 0 Å². The number of anilines is 1. The first kappa shape index (κ1) is 13.9. The number of rotatable bonds is 5. The molecule has 1 amide bonds. The number of nitrogens with one attached hydrogen (secondary N) is 2. The van der Waals surface area contributed by atoms with Crippen LogP contribution in [0.15, 0.2) is 0 Å². The van der Waals surface area contributed by atoms with E-state index in [2.05, 4.69) is 29.4 Å². The number of nitrogens with zero attached hydrogens (tertiary/aromatic N) is 1. The SMILES string of the molecule is CCCc1[nH]nc(C(=O)NCC2(C)CCCC2)c1N. The van der Waals surface area contributed by atoms with Crippen molar-refractivity contribution in [2.24, 2.45) is 5.41 Å². The van der Waals surface area contributed by atoms with E-state index in [1.807, 2.05) is 0 Å². The van der Waals surface area contributed by atoms with Gasteiger partial charge in [-0.3, -0.25) is 9.89 Å². The molecule has 106 valence electrons. The van der Waals surface area contributed by atoms with E-state index in [4.69, 9.17) is 5.73 Å². The molecule has 1 saturated carbocycles. The third kappa shape index (κ3) is 3.08. The smallest absolute Gasteiger partial charge is 0.273 e. The van der Waals surface area contributed by atoms with Gasteiger partial charge in [-0.15, -0.1) is 0 Å². The van der Waals surface area contributed by atoms with Gasteiger partial charge >= 0.3 is 0 Å². The van der Waals surface area contributed by atoms with E-state index in [1.54, 1.807) is 0 Å². The fourth-order valence-corrected chi connectivity index (χ4v) is 2.78. The van der Waals surface area contributed by atoms with Crippen LogP contribution in [0.1, 0.15) is 62.1 Å². The van der Waals surface area contributed by atoms with E-state index < -0.39 is 0 Å². The van der Waals surface area contributed by atoms with Gasteiger partial charge in [-0.05, 0) is 24.7 Å². The molecule has 2 rings (SSSR count). The van der Waals surface area contributed by atoms with Crippen LogP contribution in [0, 0.1) is 5.41 Å². The molecule has 0 spiro atoms. The number of nitrogens with two attached hydrogens (primary N) is 1. The van der Waals surface area contributed by atoms with Crippen LogP contribution >= 0.6 is 0 Å². The molecule has 1 aromatic rings. The average Bonchev–Trinajstić information content (AvgIpc) is 2.96. The lowest BCUT2D eigenvalue weighted by Gasteiger charge is -2.23. The van der Waals surface area contributed by atoms with Gasteiger partial charge in [-0.25, -0.2) is 0 Å². The Kier molecular flexibility index (Phi) is 4.12. The van der Waals surface area contributed by atoms with Gasteiger partial charge in [0.05, 0.1) is 11.4 Å². The Hall–Kier alpha value is -1.52. The number of nitrogen functional groups attached to an aromatic ring is 1. The van der Waals surface area contributed by atoms with E-state index in [-0.39, 0.29) is 11.3 Å². The molecule has 1 aliphatic rings. The maximum atomic E-state index is 12.1. The molecule has 19 heavy (non-hydrogen) atoms. The molecule has 0 atom stereocenters. The zero-order chi connectivity index (χ0) is 13.9. The maximum absolute atomic E-state index is 12.1. The van der Waals surface area contributed by atoms with E-state index in [1.165, 1.54) is 25.7 Å². The largest absolute Gasteiger partial charge is 0.395 e. The summed E-state index contributed by atoms with van der Waals surface area (Å²) in [6, 6.07) is 0. The predicted octanol–water partition coefficient (Wildman–Crippen LogP) is 2.25. The Morgan fingerprint density at radius 1 is 1.47 bits per heavy atom. The zero-order valence-electron chi connectivity index (χ0n) is 11.9. The van der Waals surface area contributed by atoms with Gasteiger partial charge < -0.3 is 11.1 Å². The van der Waals surface area contributed by atoms with Gasteiger partial charge in [0.15, 0.2) is 5.69 Å². The standard InChI is InChI=1S/C14H24N4O/c1-3-6-10-11(15)12(18-17-10)13(19)16-9-14(2)7-4-5-8-14/h3-9,15H2,1-2H3,(H,16,19)(H,17,18). The number of aromatic amines is 1. The van der Waals surface area contributed by atoms with Crippen molar-refractivity contribution < 1.29 is 4.79 Å². The minimum atomic E-state index is -0.163. The summed E-state index contributed by atoms with van der Waals surface area (Å²) in [5, 5.41) is 9.87. The van der Waals surface area contributed by atoms with Gasteiger partial charge in [-0.1, -0.05) is 33.1 Å². The monoisotopic (exact) mass is 264 g/mol. The second-order valence-electron chi connectivity index (χ2n) is 5.91. The molecular formula is C14H24N4O. The van der Waals surface area contributed by atoms with E-state index >= 15 is 0 Å². The summed E-state index contributed by atoms with van der Waals surface area (Å²) in [5.41, 5.74) is 7.89. The molecule has 1 heterocycles. The first-order valence-electron chi connectivity index (χ1n) is 7.16. The lowest BCUT2D eigenvalue weighted by Crippen LogP contribution is -2.34. The highest BCUT2D eigenvalue weighted by Gasteiger charge is 2.29. The van der Waals surface area contributed by atoms with Crippen LogP contribution in [0.5, 0.6) is 0 Å². The number of hydrogen-bond acceptors (Lipinski definition) is 3. The van der Waals surface area contributed by atoms with E-state index in [9.17, 15) is 4.79 Å². The van der Waals surface area contributed by atoms with Crippen molar-refractivity contribution in [2.75, 3.05) is 12.3 Å². The first-order chi connectivity index (χ1) is 9.06. The molecule has 0 radical (unpaired) electrons. The number of carbonyl (C=O) groups is 1. The third-order valence-corrected chi connectivity index (χ3v) is 4.08. The molecular weight excluding hydrogens is 240 g/mol. The zero-order valence-corrected chi connectivity index (χ0v) is 11.9. The molecule has 1 aliphatic carbocycles. The Labute approximate surface area is 114 Å². The summed E-state index contributed by atoms with van der Waals surface area (Å²) >= 11 is 0. The maximum Gasteiger partial charge on any atom is 0.273 e. The van der Waals surface area contributed by atoms with Crippen molar-refractivity contribution in [2.45, 2.75) is 52.4 Å². The van der Waals surface area contributed by atoms with Gasteiger partial charge in [-0.2, -0.15) is 5.10 Å². The van der Waals surface area contributed by atoms with Crippen molar-refractivity contribution >= 4 is 11.6 Å². The number of H-pyrrole nitrogens is 1.